The van der Waals surface area contributed by atoms with E-state index in [1.54, 1.807) is 44.4 Å². The number of carbonyl (C=O) groups excluding carboxylic acids is 1. The molecule has 0 saturated carbocycles. The fraction of sp³-hybridized carbons (Fsp3) is 0.143. The first-order valence-electron chi connectivity index (χ1n) is 9.03. The molecule has 0 bridgehead atoms. The first-order chi connectivity index (χ1) is 14.6. The summed E-state index contributed by atoms with van der Waals surface area (Å²) < 4.78 is 15.6. The summed E-state index contributed by atoms with van der Waals surface area (Å²) in [6.07, 6.45) is 0. The zero-order chi connectivity index (χ0) is 21.1. The highest BCUT2D eigenvalue weighted by Gasteiger charge is 2.23. The van der Waals surface area contributed by atoms with Gasteiger partial charge in [-0.25, -0.2) is 0 Å². The van der Waals surface area contributed by atoms with Gasteiger partial charge in [-0.1, -0.05) is 40.1 Å². The van der Waals surface area contributed by atoms with Crippen molar-refractivity contribution in [2.45, 2.75) is 13.5 Å². The standard InChI is InChI=1S/C21H17ClN4O4/c1-12-18(19(25-29-12)15-5-3-4-6-16(15)22)21(27)23-11-17-24-20(26-30-17)13-7-9-14(28-2)10-8-13/h3-10H,11H2,1-2H3,(H,23,27). The van der Waals surface area contributed by atoms with Crippen molar-refractivity contribution in [2.24, 2.45) is 0 Å². The number of amides is 1. The van der Waals surface area contributed by atoms with Gasteiger partial charge in [0, 0.05) is 11.1 Å². The molecule has 2 aromatic carbocycles. The molecule has 0 saturated heterocycles. The van der Waals surface area contributed by atoms with E-state index in [9.17, 15) is 4.79 Å². The van der Waals surface area contributed by atoms with Gasteiger partial charge < -0.3 is 19.1 Å². The number of carbonyl (C=O) groups is 1. The van der Waals surface area contributed by atoms with Gasteiger partial charge in [0.2, 0.25) is 11.7 Å². The number of aromatic nitrogens is 3. The van der Waals surface area contributed by atoms with E-state index in [4.69, 9.17) is 25.4 Å². The van der Waals surface area contributed by atoms with Crippen LogP contribution in [0.4, 0.5) is 0 Å². The van der Waals surface area contributed by atoms with Gasteiger partial charge in [0.05, 0.1) is 18.7 Å². The molecule has 2 aromatic heterocycles. The fourth-order valence-electron chi connectivity index (χ4n) is 2.90. The largest absolute Gasteiger partial charge is 0.497 e. The average molecular weight is 425 g/mol. The topological polar surface area (TPSA) is 103 Å². The molecule has 4 aromatic rings. The average Bonchev–Trinajstić information content (AvgIpc) is 3.39. The third-order valence-corrected chi connectivity index (χ3v) is 4.76. The maximum absolute atomic E-state index is 12.8. The lowest BCUT2D eigenvalue weighted by Crippen LogP contribution is -2.23. The Hall–Kier alpha value is -3.65. The van der Waals surface area contributed by atoms with E-state index in [1.165, 1.54) is 0 Å². The Balaban J connectivity index is 1.49. The van der Waals surface area contributed by atoms with E-state index < -0.39 is 0 Å². The highest BCUT2D eigenvalue weighted by Crippen LogP contribution is 2.31. The van der Waals surface area contributed by atoms with Crippen molar-refractivity contribution in [3.05, 3.63) is 70.8 Å². The molecule has 0 aliphatic heterocycles. The molecule has 0 radical (unpaired) electrons. The number of rotatable bonds is 6. The van der Waals surface area contributed by atoms with Crippen molar-refractivity contribution in [3.63, 3.8) is 0 Å². The van der Waals surface area contributed by atoms with E-state index in [2.05, 4.69) is 20.6 Å². The molecule has 4 rings (SSSR count). The number of hydrogen-bond acceptors (Lipinski definition) is 7. The molecule has 1 N–H and O–H groups in total. The van der Waals surface area contributed by atoms with Crippen molar-refractivity contribution in [2.75, 3.05) is 7.11 Å². The molecule has 9 heteroatoms. The number of benzene rings is 2. The van der Waals surface area contributed by atoms with Crippen molar-refractivity contribution >= 4 is 17.5 Å². The molecule has 8 nitrogen and oxygen atoms in total. The molecule has 0 aliphatic rings. The van der Waals surface area contributed by atoms with Crippen LogP contribution < -0.4 is 10.1 Å². The third kappa shape index (κ3) is 3.90. The minimum atomic E-state index is -0.382. The molecule has 0 unspecified atom stereocenters. The molecular formula is C21H17ClN4O4. The maximum Gasteiger partial charge on any atom is 0.257 e. The molecule has 152 valence electrons. The van der Waals surface area contributed by atoms with Crippen LogP contribution in [0.1, 0.15) is 22.0 Å². The number of nitrogens with zero attached hydrogens (tertiary/aromatic N) is 3. The van der Waals surface area contributed by atoms with Crippen molar-refractivity contribution in [1.82, 2.24) is 20.6 Å². The number of nitrogens with one attached hydrogen (secondary N) is 1. The first kappa shape index (κ1) is 19.7. The second-order valence-electron chi connectivity index (χ2n) is 6.37. The van der Waals surface area contributed by atoms with Crippen LogP contribution in [0.3, 0.4) is 0 Å². The number of halogens is 1. The number of methoxy groups -OCH3 is 1. The monoisotopic (exact) mass is 424 g/mol. The summed E-state index contributed by atoms with van der Waals surface area (Å²) in [6.45, 7) is 1.71. The lowest BCUT2D eigenvalue weighted by atomic mass is 10.1. The number of aryl methyl sites for hydroxylation is 1. The summed E-state index contributed by atoms with van der Waals surface area (Å²) >= 11 is 6.24. The highest BCUT2D eigenvalue weighted by molar-refractivity contribution is 6.33. The Morgan fingerprint density at radius 1 is 1.10 bits per heavy atom. The summed E-state index contributed by atoms with van der Waals surface area (Å²) in [5.74, 6) is 1.41. The predicted octanol–water partition coefficient (Wildman–Crippen LogP) is 4.29. The van der Waals surface area contributed by atoms with Crippen LogP contribution in [0, 0.1) is 6.92 Å². The van der Waals surface area contributed by atoms with E-state index in [1.807, 2.05) is 18.2 Å². The van der Waals surface area contributed by atoms with Gasteiger partial charge in [0.1, 0.15) is 22.8 Å². The van der Waals surface area contributed by atoms with Crippen LogP contribution in [-0.2, 0) is 6.54 Å². The van der Waals surface area contributed by atoms with Gasteiger partial charge in [0.25, 0.3) is 5.91 Å². The van der Waals surface area contributed by atoms with Crippen molar-refractivity contribution in [3.8, 4) is 28.4 Å². The first-order valence-corrected chi connectivity index (χ1v) is 9.41. The molecule has 0 fully saturated rings. The number of hydrogen-bond donors (Lipinski definition) is 1. The van der Waals surface area contributed by atoms with Crippen LogP contribution >= 0.6 is 11.6 Å². The summed E-state index contributed by atoms with van der Waals surface area (Å²) in [6, 6.07) is 14.4. The maximum atomic E-state index is 12.8. The summed E-state index contributed by atoms with van der Waals surface area (Å²) in [5.41, 5.74) is 2.06. The SMILES string of the molecule is COc1ccc(-c2noc(CNC(=O)c3c(-c4ccccc4Cl)noc3C)n2)cc1. The fourth-order valence-corrected chi connectivity index (χ4v) is 3.13. The molecule has 30 heavy (non-hydrogen) atoms. The Bertz CT molecular complexity index is 1180. The van der Waals surface area contributed by atoms with Gasteiger partial charge in [0.15, 0.2) is 0 Å². The summed E-state index contributed by atoms with van der Waals surface area (Å²) in [4.78, 5) is 17.1. The summed E-state index contributed by atoms with van der Waals surface area (Å²) in [5, 5.41) is 11.2. The normalized spacial score (nSPS) is 10.8. The lowest BCUT2D eigenvalue weighted by Gasteiger charge is -2.05. The smallest absolute Gasteiger partial charge is 0.257 e. The highest BCUT2D eigenvalue weighted by atomic mass is 35.5. The van der Waals surface area contributed by atoms with Gasteiger partial charge in [-0.3, -0.25) is 4.79 Å². The minimum Gasteiger partial charge on any atom is -0.497 e. The summed E-state index contributed by atoms with van der Waals surface area (Å²) in [7, 11) is 1.60. The zero-order valence-electron chi connectivity index (χ0n) is 16.2. The molecule has 2 heterocycles. The minimum absolute atomic E-state index is 0.0502. The van der Waals surface area contributed by atoms with E-state index in [0.29, 0.717) is 33.4 Å². The molecule has 0 aliphatic carbocycles. The molecule has 0 atom stereocenters. The number of ether oxygens (including phenoxy) is 1. The Kier molecular flexibility index (Phi) is 5.49. The second-order valence-corrected chi connectivity index (χ2v) is 6.77. The van der Waals surface area contributed by atoms with Crippen LogP contribution in [-0.4, -0.2) is 28.3 Å². The zero-order valence-corrected chi connectivity index (χ0v) is 16.9. The third-order valence-electron chi connectivity index (χ3n) is 4.44. The van der Waals surface area contributed by atoms with Gasteiger partial charge in [-0.15, -0.1) is 0 Å². The van der Waals surface area contributed by atoms with Crippen molar-refractivity contribution < 1.29 is 18.6 Å². The Morgan fingerprint density at radius 3 is 2.60 bits per heavy atom. The molecule has 1 amide bonds. The van der Waals surface area contributed by atoms with Crippen LogP contribution in [0.2, 0.25) is 5.02 Å². The lowest BCUT2D eigenvalue weighted by molar-refractivity contribution is 0.0945. The van der Waals surface area contributed by atoms with Crippen LogP contribution in [0.5, 0.6) is 5.75 Å². The predicted molar refractivity (Wildman–Crippen MR) is 109 cm³/mol. The van der Waals surface area contributed by atoms with E-state index in [0.717, 1.165) is 11.3 Å². The van der Waals surface area contributed by atoms with Gasteiger partial charge >= 0.3 is 0 Å². The molecule has 0 spiro atoms. The van der Waals surface area contributed by atoms with Crippen LogP contribution in [0.15, 0.2) is 57.6 Å². The van der Waals surface area contributed by atoms with E-state index >= 15 is 0 Å². The molecular weight excluding hydrogens is 408 g/mol. The Labute approximate surface area is 176 Å². The second kappa shape index (κ2) is 8.38. The van der Waals surface area contributed by atoms with Crippen molar-refractivity contribution in [1.29, 1.82) is 0 Å². The quantitative estimate of drug-likeness (QED) is 0.492. The van der Waals surface area contributed by atoms with E-state index in [-0.39, 0.29) is 18.3 Å². The Morgan fingerprint density at radius 2 is 1.87 bits per heavy atom. The van der Waals surface area contributed by atoms with Gasteiger partial charge in [-0.2, -0.15) is 4.98 Å². The van der Waals surface area contributed by atoms with Crippen LogP contribution in [0.25, 0.3) is 22.6 Å². The van der Waals surface area contributed by atoms with Gasteiger partial charge in [-0.05, 0) is 37.3 Å².